The number of carbonyl (C=O) groups is 1. The Kier molecular flexibility index (Phi) is 3.91. The largest absolute Gasteiger partial charge is 0.337 e. The first-order valence-electron chi connectivity index (χ1n) is 6.98. The summed E-state index contributed by atoms with van der Waals surface area (Å²) in [6, 6.07) is 2.27. The summed E-state index contributed by atoms with van der Waals surface area (Å²) in [5.41, 5.74) is -0.654. The molecule has 0 radical (unpaired) electrons. The fourth-order valence-electron chi connectivity index (χ4n) is 2.84. The van der Waals surface area contributed by atoms with Crippen LogP contribution in [0.25, 0.3) is 0 Å². The second kappa shape index (κ2) is 5.27. The molecule has 0 aromatic rings. The van der Waals surface area contributed by atoms with Crippen LogP contribution in [0, 0.1) is 23.2 Å². The van der Waals surface area contributed by atoms with Crippen LogP contribution in [0.2, 0.25) is 0 Å². The molecule has 2 atom stereocenters. The predicted molar refractivity (Wildman–Crippen MR) is 69.7 cm³/mol. The van der Waals surface area contributed by atoms with Gasteiger partial charge in [-0.25, -0.2) is 0 Å². The minimum Gasteiger partial charge on any atom is -0.337 e. The van der Waals surface area contributed by atoms with Crippen LogP contribution in [0.3, 0.4) is 0 Å². The number of hydrogen-bond acceptors (Lipinski definition) is 3. The molecular weight excluding hydrogens is 226 g/mol. The Bertz CT molecular complexity index is 359. The lowest BCUT2D eigenvalue weighted by molar-refractivity contribution is -0.124. The minimum atomic E-state index is -0.654. The van der Waals surface area contributed by atoms with Crippen LogP contribution in [-0.2, 0) is 4.79 Å². The number of hydrogen-bond donors (Lipinski definition) is 1. The average Bonchev–Trinajstić information content (AvgIpc) is 3.12. The van der Waals surface area contributed by atoms with Gasteiger partial charge in [-0.05, 0) is 51.0 Å². The zero-order chi connectivity index (χ0) is 13.2. The highest BCUT2D eigenvalue weighted by Crippen LogP contribution is 2.39. The van der Waals surface area contributed by atoms with Gasteiger partial charge in [0.2, 0.25) is 5.91 Å². The topological polar surface area (TPSA) is 56.1 Å². The molecule has 2 fully saturated rings. The first-order chi connectivity index (χ1) is 8.53. The number of amides is 1. The van der Waals surface area contributed by atoms with Crippen molar-refractivity contribution in [3.63, 3.8) is 0 Å². The molecule has 1 heterocycles. The molecule has 0 aromatic heterocycles. The molecule has 1 amide bonds. The number of nitrogens with one attached hydrogen (secondary N) is 1. The maximum Gasteiger partial charge on any atom is 0.235 e. The number of rotatable bonds is 4. The van der Waals surface area contributed by atoms with Gasteiger partial charge in [0.1, 0.15) is 5.54 Å². The van der Waals surface area contributed by atoms with E-state index in [1.165, 1.54) is 12.8 Å². The predicted octanol–water partition coefficient (Wildman–Crippen LogP) is 1.53. The fraction of sp³-hybridized carbons (Fsp3) is 0.857. The highest BCUT2D eigenvalue weighted by molar-refractivity contribution is 5.79. The van der Waals surface area contributed by atoms with Crippen molar-refractivity contribution in [1.82, 2.24) is 10.2 Å². The van der Waals surface area contributed by atoms with E-state index < -0.39 is 5.54 Å². The average molecular weight is 249 g/mol. The summed E-state index contributed by atoms with van der Waals surface area (Å²) in [5.74, 6) is 1.03. The van der Waals surface area contributed by atoms with E-state index >= 15 is 0 Å². The van der Waals surface area contributed by atoms with E-state index in [1.807, 2.05) is 6.92 Å². The van der Waals surface area contributed by atoms with E-state index in [9.17, 15) is 10.1 Å². The Hall–Kier alpha value is -1.08. The zero-order valence-electron chi connectivity index (χ0n) is 11.4. The SMILES string of the molecule is C[C@@H]1CCCN(CC(=O)N[C@@](C)(C#N)C2CC2)C1. The van der Waals surface area contributed by atoms with Crippen molar-refractivity contribution in [2.24, 2.45) is 11.8 Å². The molecule has 0 unspecified atom stereocenters. The number of nitrogens with zero attached hydrogens (tertiary/aromatic N) is 2. The van der Waals surface area contributed by atoms with Crippen LogP contribution < -0.4 is 5.32 Å². The van der Waals surface area contributed by atoms with Gasteiger partial charge in [0, 0.05) is 6.54 Å². The fourth-order valence-corrected chi connectivity index (χ4v) is 2.84. The second-order valence-electron chi connectivity index (χ2n) is 6.12. The summed E-state index contributed by atoms with van der Waals surface area (Å²) in [6.45, 7) is 6.52. The molecule has 0 bridgehead atoms. The smallest absolute Gasteiger partial charge is 0.235 e. The molecule has 1 saturated heterocycles. The Morgan fingerprint density at radius 2 is 2.22 bits per heavy atom. The Balaban J connectivity index is 1.83. The number of carbonyl (C=O) groups excluding carboxylic acids is 1. The third-order valence-electron chi connectivity index (χ3n) is 4.13. The Labute approximate surface area is 109 Å². The minimum absolute atomic E-state index is 0.0000463. The quantitative estimate of drug-likeness (QED) is 0.822. The van der Waals surface area contributed by atoms with Crippen molar-refractivity contribution in [1.29, 1.82) is 5.26 Å². The van der Waals surface area contributed by atoms with Gasteiger partial charge >= 0.3 is 0 Å². The number of likely N-dealkylation sites (tertiary alicyclic amines) is 1. The third kappa shape index (κ3) is 3.23. The van der Waals surface area contributed by atoms with Gasteiger partial charge in [-0.2, -0.15) is 5.26 Å². The number of nitriles is 1. The molecule has 2 rings (SSSR count). The van der Waals surface area contributed by atoms with Crippen molar-refractivity contribution >= 4 is 5.91 Å². The van der Waals surface area contributed by atoms with E-state index in [0.29, 0.717) is 18.4 Å². The molecule has 0 aromatic carbocycles. The Morgan fingerprint density at radius 1 is 1.50 bits per heavy atom. The van der Waals surface area contributed by atoms with Crippen molar-refractivity contribution in [2.45, 2.75) is 45.1 Å². The summed E-state index contributed by atoms with van der Waals surface area (Å²) in [4.78, 5) is 14.2. The molecule has 2 aliphatic rings. The molecule has 1 aliphatic heterocycles. The highest BCUT2D eigenvalue weighted by atomic mass is 16.2. The summed E-state index contributed by atoms with van der Waals surface area (Å²) < 4.78 is 0. The summed E-state index contributed by atoms with van der Waals surface area (Å²) in [5, 5.41) is 12.1. The molecule has 4 nitrogen and oxygen atoms in total. The molecule has 18 heavy (non-hydrogen) atoms. The molecule has 4 heteroatoms. The van der Waals surface area contributed by atoms with Gasteiger partial charge in [0.25, 0.3) is 0 Å². The van der Waals surface area contributed by atoms with Gasteiger partial charge in [-0.3, -0.25) is 9.69 Å². The normalized spacial score (nSPS) is 28.2. The summed E-state index contributed by atoms with van der Waals surface area (Å²) in [6.07, 6.45) is 4.55. The van der Waals surface area contributed by atoms with E-state index in [2.05, 4.69) is 23.2 Å². The van der Waals surface area contributed by atoms with Crippen molar-refractivity contribution in [3.05, 3.63) is 0 Å². The molecular formula is C14H23N3O. The molecule has 1 N–H and O–H groups in total. The highest BCUT2D eigenvalue weighted by Gasteiger charge is 2.43. The monoisotopic (exact) mass is 249 g/mol. The van der Waals surface area contributed by atoms with Gasteiger partial charge in [0.05, 0.1) is 12.6 Å². The molecule has 100 valence electrons. The lowest BCUT2D eigenvalue weighted by atomic mass is 9.97. The van der Waals surface area contributed by atoms with Crippen molar-refractivity contribution in [3.8, 4) is 6.07 Å². The van der Waals surface area contributed by atoms with E-state index in [1.54, 1.807) is 0 Å². The lowest BCUT2D eigenvalue weighted by Crippen LogP contribution is -2.51. The number of piperidine rings is 1. The van der Waals surface area contributed by atoms with Crippen LogP contribution in [0.15, 0.2) is 0 Å². The summed E-state index contributed by atoms with van der Waals surface area (Å²) >= 11 is 0. The van der Waals surface area contributed by atoms with E-state index in [-0.39, 0.29) is 5.91 Å². The maximum absolute atomic E-state index is 12.0. The maximum atomic E-state index is 12.0. The zero-order valence-corrected chi connectivity index (χ0v) is 11.4. The lowest BCUT2D eigenvalue weighted by Gasteiger charge is -2.31. The molecule has 1 saturated carbocycles. The first kappa shape index (κ1) is 13.4. The van der Waals surface area contributed by atoms with Crippen molar-refractivity contribution in [2.75, 3.05) is 19.6 Å². The van der Waals surface area contributed by atoms with E-state index in [4.69, 9.17) is 0 Å². The third-order valence-corrected chi connectivity index (χ3v) is 4.13. The van der Waals surface area contributed by atoms with Crippen LogP contribution in [0.5, 0.6) is 0 Å². The van der Waals surface area contributed by atoms with Gasteiger partial charge in [-0.15, -0.1) is 0 Å². The Morgan fingerprint density at radius 3 is 2.78 bits per heavy atom. The first-order valence-corrected chi connectivity index (χ1v) is 6.98. The standard InChI is InChI=1S/C14H23N3O/c1-11-4-3-7-17(8-11)9-13(18)16-14(2,10-15)12-5-6-12/h11-12H,3-9H2,1-2H3,(H,16,18)/t11-,14+/m1/s1. The van der Waals surface area contributed by atoms with Crippen LogP contribution in [-0.4, -0.2) is 36.0 Å². The molecule has 1 aliphatic carbocycles. The van der Waals surface area contributed by atoms with Gasteiger partial charge in [0.15, 0.2) is 0 Å². The van der Waals surface area contributed by atoms with Crippen LogP contribution in [0.1, 0.15) is 39.5 Å². The van der Waals surface area contributed by atoms with Gasteiger partial charge < -0.3 is 5.32 Å². The van der Waals surface area contributed by atoms with E-state index in [0.717, 1.165) is 25.9 Å². The molecule has 0 spiro atoms. The summed E-state index contributed by atoms with van der Waals surface area (Å²) in [7, 11) is 0. The second-order valence-corrected chi connectivity index (χ2v) is 6.12. The van der Waals surface area contributed by atoms with Crippen LogP contribution >= 0.6 is 0 Å². The van der Waals surface area contributed by atoms with Crippen molar-refractivity contribution < 1.29 is 4.79 Å². The van der Waals surface area contributed by atoms with Gasteiger partial charge in [-0.1, -0.05) is 6.92 Å². The van der Waals surface area contributed by atoms with Crippen LogP contribution in [0.4, 0.5) is 0 Å².